The first kappa shape index (κ1) is 13.5. The molecular weight excluding hydrogens is 288 g/mol. The lowest BCUT2D eigenvalue weighted by atomic mass is 10.1. The fourth-order valence-corrected chi connectivity index (χ4v) is 1.64. The van der Waals surface area contributed by atoms with E-state index in [9.17, 15) is 22.4 Å². The number of hydrogen-bond donors (Lipinski definition) is 1. The molecule has 1 N–H and O–H groups in total. The molecule has 1 aromatic heterocycles. The largest absolute Gasteiger partial charge is 0.449 e. The van der Waals surface area contributed by atoms with Crippen molar-refractivity contribution in [3.8, 4) is 11.3 Å². The SMILES string of the molecule is O=c1cc(-c2cc(F)ccc2Cl)nc(C(F)(F)F)[nH]1. The van der Waals surface area contributed by atoms with E-state index < -0.39 is 23.4 Å². The molecule has 0 unspecified atom stereocenters. The number of hydrogen-bond acceptors (Lipinski definition) is 2. The van der Waals surface area contributed by atoms with Gasteiger partial charge < -0.3 is 4.98 Å². The van der Waals surface area contributed by atoms with E-state index in [4.69, 9.17) is 11.6 Å². The van der Waals surface area contributed by atoms with E-state index in [2.05, 4.69) is 4.98 Å². The summed E-state index contributed by atoms with van der Waals surface area (Å²) in [5.74, 6) is -2.16. The van der Waals surface area contributed by atoms with E-state index in [1.807, 2.05) is 0 Å². The number of aromatic nitrogens is 2. The summed E-state index contributed by atoms with van der Waals surface area (Å²) in [4.78, 5) is 16.0. The molecule has 1 aromatic carbocycles. The molecule has 8 heteroatoms. The number of H-pyrrole nitrogens is 1. The number of nitrogens with one attached hydrogen (secondary N) is 1. The van der Waals surface area contributed by atoms with Crippen molar-refractivity contribution in [2.45, 2.75) is 6.18 Å². The standard InChI is InChI=1S/C11H5ClF4N2O/c12-7-2-1-5(13)3-6(7)8-4-9(19)18-10(17-8)11(14,15)16/h1-4H,(H,17,18,19). The Bertz CT molecular complexity index is 681. The minimum absolute atomic E-state index is 0.00683. The maximum absolute atomic E-state index is 13.1. The summed E-state index contributed by atoms with van der Waals surface area (Å²) < 4.78 is 50.6. The van der Waals surface area contributed by atoms with Gasteiger partial charge in [-0.05, 0) is 18.2 Å². The molecule has 0 fully saturated rings. The minimum Gasteiger partial charge on any atom is -0.303 e. The highest BCUT2D eigenvalue weighted by Crippen LogP contribution is 2.30. The van der Waals surface area contributed by atoms with Crippen molar-refractivity contribution >= 4 is 11.6 Å². The van der Waals surface area contributed by atoms with Gasteiger partial charge in [-0.1, -0.05) is 11.6 Å². The third-order valence-corrected chi connectivity index (χ3v) is 2.54. The first-order valence-electron chi connectivity index (χ1n) is 4.91. The predicted octanol–water partition coefficient (Wildman–Crippen LogP) is 3.25. The van der Waals surface area contributed by atoms with Crippen LogP contribution in [0.1, 0.15) is 5.82 Å². The minimum atomic E-state index is -4.81. The lowest BCUT2D eigenvalue weighted by Crippen LogP contribution is -2.18. The Morgan fingerprint density at radius 1 is 1.21 bits per heavy atom. The van der Waals surface area contributed by atoms with Crippen molar-refractivity contribution in [3.63, 3.8) is 0 Å². The molecule has 2 rings (SSSR count). The first-order chi connectivity index (χ1) is 8.77. The van der Waals surface area contributed by atoms with Gasteiger partial charge in [-0.2, -0.15) is 13.2 Å². The lowest BCUT2D eigenvalue weighted by molar-refractivity contribution is -0.145. The number of aromatic amines is 1. The first-order valence-corrected chi connectivity index (χ1v) is 5.29. The maximum Gasteiger partial charge on any atom is 0.449 e. The van der Waals surface area contributed by atoms with Gasteiger partial charge in [0.05, 0.1) is 10.7 Å². The van der Waals surface area contributed by atoms with Crippen LogP contribution in [0.15, 0.2) is 29.1 Å². The zero-order chi connectivity index (χ0) is 14.2. The second-order valence-electron chi connectivity index (χ2n) is 3.60. The molecule has 1 heterocycles. The molecular formula is C11H5ClF4N2O. The van der Waals surface area contributed by atoms with Crippen LogP contribution in [0.4, 0.5) is 17.6 Å². The van der Waals surface area contributed by atoms with Gasteiger partial charge in [-0.25, -0.2) is 9.37 Å². The summed E-state index contributed by atoms with van der Waals surface area (Å²) in [6.45, 7) is 0. The molecule has 100 valence electrons. The molecule has 0 bridgehead atoms. The van der Waals surface area contributed by atoms with Gasteiger partial charge in [0.15, 0.2) is 0 Å². The highest BCUT2D eigenvalue weighted by molar-refractivity contribution is 6.33. The summed E-state index contributed by atoms with van der Waals surface area (Å²) in [7, 11) is 0. The Morgan fingerprint density at radius 2 is 1.89 bits per heavy atom. The Morgan fingerprint density at radius 3 is 2.53 bits per heavy atom. The number of halogens is 5. The van der Waals surface area contributed by atoms with Crippen LogP contribution < -0.4 is 5.56 Å². The molecule has 0 aliphatic heterocycles. The van der Waals surface area contributed by atoms with Crippen LogP contribution >= 0.6 is 11.6 Å². The molecule has 0 aliphatic carbocycles. The van der Waals surface area contributed by atoms with E-state index in [-0.39, 0.29) is 16.3 Å². The summed E-state index contributed by atoms with van der Waals surface area (Å²) >= 11 is 5.75. The van der Waals surface area contributed by atoms with E-state index in [1.54, 1.807) is 4.98 Å². The van der Waals surface area contributed by atoms with Crippen LogP contribution in [0.25, 0.3) is 11.3 Å². The van der Waals surface area contributed by atoms with Crippen LogP contribution in [0.2, 0.25) is 5.02 Å². The van der Waals surface area contributed by atoms with Crippen molar-refractivity contribution in [2.24, 2.45) is 0 Å². The normalized spacial score (nSPS) is 11.6. The molecule has 0 saturated carbocycles. The summed E-state index contributed by atoms with van der Waals surface area (Å²) in [6, 6.07) is 3.94. The molecule has 0 spiro atoms. The Kier molecular flexibility index (Phi) is 3.32. The molecule has 19 heavy (non-hydrogen) atoms. The third kappa shape index (κ3) is 2.93. The van der Waals surface area contributed by atoms with Gasteiger partial charge in [0.1, 0.15) is 5.82 Å². The molecule has 0 amide bonds. The lowest BCUT2D eigenvalue weighted by Gasteiger charge is -2.08. The molecule has 0 radical (unpaired) electrons. The Hall–Kier alpha value is -1.89. The van der Waals surface area contributed by atoms with Gasteiger partial charge in [0.25, 0.3) is 5.56 Å². The summed E-state index contributed by atoms with van der Waals surface area (Å²) in [5.41, 5.74) is -1.43. The highest BCUT2D eigenvalue weighted by Gasteiger charge is 2.34. The quantitative estimate of drug-likeness (QED) is 0.820. The highest BCUT2D eigenvalue weighted by atomic mass is 35.5. The third-order valence-electron chi connectivity index (χ3n) is 2.21. The molecule has 0 aliphatic rings. The van der Waals surface area contributed by atoms with Gasteiger partial charge in [0, 0.05) is 11.6 Å². The number of nitrogens with zero attached hydrogens (tertiary/aromatic N) is 1. The van der Waals surface area contributed by atoms with Crippen LogP contribution in [0.5, 0.6) is 0 Å². The van der Waals surface area contributed by atoms with Gasteiger partial charge in [0.2, 0.25) is 5.82 Å². The van der Waals surface area contributed by atoms with Crippen molar-refractivity contribution in [3.05, 3.63) is 51.3 Å². The van der Waals surface area contributed by atoms with Crippen molar-refractivity contribution < 1.29 is 17.6 Å². The summed E-state index contributed by atoms with van der Waals surface area (Å²) in [5, 5.41) is -0.00683. The second-order valence-corrected chi connectivity index (χ2v) is 4.01. The Labute approximate surface area is 108 Å². The maximum atomic E-state index is 13.1. The monoisotopic (exact) mass is 292 g/mol. The van der Waals surface area contributed by atoms with Gasteiger partial charge >= 0.3 is 6.18 Å². The zero-order valence-corrected chi connectivity index (χ0v) is 9.81. The van der Waals surface area contributed by atoms with E-state index in [1.165, 1.54) is 6.07 Å². The number of rotatable bonds is 1. The second kappa shape index (κ2) is 4.65. The van der Waals surface area contributed by atoms with E-state index in [0.717, 1.165) is 18.2 Å². The van der Waals surface area contributed by atoms with E-state index in [0.29, 0.717) is 0 Å². The number of alkyl halides is 3. The molecule has 0 atom stereocenters. The molecule has 0 saturated heterocycles. The zero-order valence-electron chi connectivity index (χ0n) is 9.05. The molecule has 2 aromatic rings. The van der Waals surface area contributed by atoms with Crippen LogP contribution in [-0.4, -0.2) is 9.97 Å². The van der Waals surface area contributed by atoms with Crippen molar-refractivity contribution in [2.75, 3.05) is 0 Å². The van der Waals surface area contributed by atoms with Crippen LogP contribution in [-0.2, 0) is 6.18 Å². The van der Waals surface area contributed by atoms with Crippen LogP contribution in [0, 0.1) is 5.82 Å². The smallest absolute Gasteiger partial charge is 0.303 e. The Balaban J connectivity index is 2.66. The van der Waals surface area contributed by atoms with Gasteiger partial charge in [-0.3, -0.25) is 4.79 Å². The number of benzene rings is 1. The summed E-state index contributed by atoms with van der Waals surface area (Å²) in [6.07, 6.45) is -4.81. The predicted molar refractivity (Wildman–Crippen MR) is 60.3 cm³/mol. The molecule has 3 nitrogen and oxygen atoms in total. The van der Waals surface area contributed by atoms with Crippen molar-refractivity contribution in [1.29, 1.82) is 0 Å². The van der Waals surface area contributed by atoms with Crippen LogP contribution in [0.3, 0.4) is 0 Å². The van der Waals surface area contributed by atoms with Gasteiger partial charge in [-0.15, -0.1) is 0 Å². The fraction of sp³-hybridized carbons (Fsp3) is 0.0909. The average Bonchev–Trinajstić information content (AvgIpc) is 2.30. The van der Waals surface area contributed by atoms with E-state index >= 15 is 0 Å². The average molecular weight is 293 g/mol. The van der Waals surface area contributed by atoms with Crippen molar-refractivity contribution in [1.82, 2.24) is 9.97 Å². The topological polar surface area (TPSA) is 45.8 Å². The fourth-order valence-electron chi connectivity index (χ4n) is 1.42.